The van der Waals surface area contributed by atoms with E-state index in [4.69, 9.17) is 4.74 Å². The Bertz CT molecular complexity index is 454. The van der Waals surface area contributed by atoms with Gasteiger partial charge in [0.25, 0.3) is 0 Å². The first kappa shape index (κ1) is 15.4. The van der Waals surface area contributed by atoms with Crippen LogP contribution in [0, 0.1) is 0 Å². The standard InChI is InChI=1S/C14H16BrNO3/c1-2-19-14(18)9-10-16-13(17)8-5-11-3-6-12(15)7-4-11/h3-8H,2,9-10H2,1H3,(H,16,17)/b8-5+. The summed E-state index contributed by atoms with van der Waals surface area (Å²) in [6, 6.07) is 7.59. The Labute approximate surface area is 121 Å². The van der Waals surface area contributed by atoms with Gasteiger partial charge in [-0.1, -0.05) is 28.1 Å². The van der Waals surface area contributed by atoms with Gasteiger partial charge in [0, 0.05) is 17.1 Å². The van der Waals surface area contributed by atoms with Crippen LogP contribution in [0.2, 0.25) is 0 Å². The van der Waals surface area contributed by atoms with Crippen molar-refractivity contribution in [1.82, 2.24) is 5.32 Å². The summed E-state index contributed by atoms with van der Waals surface area (Å²) in [6.07, 6.45) is 3.34. The molecule has 1 rings (SSSR count). The summed E-state index contributed by atoms with van der Waals surface area (Å²) < 4.78 is 5.74. The highest BCUT2D eigenvalue weighted by atomic mass is 79.9. The molecule has 0 aromatic heterocycles. The second-order valence-electron chi connectivity index (χ2n) is 3.73. The summed E-state index contributed by atoms with van der Waals surface area (Å²) in [5.41, 5.74) is 0.934. The highest BCUT2D eigenvalue weighted by Gasteiger charge is 2.01. The molecule has 1 aromatic carbocycles. The molecule has 0 fully saturated rings. The van der Waals surface area contributed by atoms with Gasteiger partial charge in [0.05, 0.1) is 13.0 Å². The molecule has 0 saturated heterocycles. The number of hydrogen-bond donors (Lipinski definition) is 1. The summed E-state index contributed by atoms with van der Waals surface area (Å²) >= 11 is 3.34. The maximum atomic E-state index is 11.5. The highest BCUT2D eigenvalue weighted by molar-refractivity contribution is 9.10. The average Bonchev–Trinajstić information content (AvgIpc) is 2.38. The first-order valence-electron chi connectivity index (χ1n) is 5.99. The van der Waals surface area contributed by atoms with Gasteiger partial charge in [-0.15, -0.1) is 0 Å². The second-order valence-corrected chi connectivity index (χ2v) is 4.65. The maximum absolute atomic E-state index is 11.5. The summed E-state index contributed by atoms with van der Waals surface area (Å²) in [5.74, 6) is -0.535. The van der Waals surface area contributed by atoms with Gasteiger partial charge >= 0.3 is 5.97 Å². The minimum atomic E-state index is -0.306. The van der Waals surface area contributed by atoms with E-state index < -0.39 is 0 Å². The quantitative estimate of drug-likeness (QED) is 0.646. The normalized spacial score (nSPS) is 10.4. The van der Waals surface area contributed by atoms with Crippen molar-refractivity contribution in [3.63, 3.8) is 0 Å². The van der Waals surface area contributed by atoms with Gasteiger partial charge < -0.3 is 10.1 Å². The molecule has 0 aliphatic rings. The SMILES string of the molecule is CCOC(=O)CCNC(=O)/C=C/c1ccc(Br)cc1. The fourth-order valence-corrected chi connectivity index (χ4v) is 1.59. The van der Waals surface area contributed by atoms with E-state index in [9.17, 15) is 9.59 Å². The highest BCUT2D eigenvalue weighted by Crippen LogP contribution is 2.11. The minimum Gasteiger partial charge on any atom is -0.466 e. The van der Waals surface area contributed by atoms with Crippen LogP contribution in [-0.2, 0) is 14.3 Å². The number of halogens is 1. The van der Waals surface area contributed by atoms with Gasteiger partial charge in [0.1, 0.15) is 0 Å². The van der Waals surface area contributed by atoms with E-state index in [0.29, 0.717) is 6.61 Å². The van der Waals surface area contributed by atoms with Crippen LogP contribution in [0.15, 0.2) is 34.8 Å². The molecule has 0 atom stereocenters. The molecule has 102 valence electrons. The Hall–Kier alpha value is -1.62. The van der Waals surface area contributed by atoms with Crippen molar-refractivity contribution in [1.29, 1.82) is 0 Å². The van der Waals surface area contributed by atoms with E-state index in [-0.39, 0.29) is 24.8 Å². The molecule has 0 radical (unpaired) electrons. The molecule has 0 saturated carbocycles. The molecular weight excluding hydrogens is 310 g/mol. The minimum absolute atomic E-state index is 0.186. The summed E-state index contributed by atoms with van der Waals surface area (Å²) in [4.78, 5) is 22.5. The molecule has 0 bridgehead atoms. The largest absolute Gasteiger partial charge is 0.466 e. The number of hydrogen-bond acceptors (Lipinski definition) is 3. The van der Waals surface area contributed by atoms with Gasteiger partial charge in [0.15, 0.2) is 0 Å². The fraction of sp³-hybridized carbons (Fsp3) is 0.286. The van der Waals surface area contributed by atoms with Crippen molar-refractivity contribution in [3.8, 4) is 0 Å². The average molecular weight is 326 g/mol. The third-order valence-electron chi connectivity index (χ3n) is 2.23. The molecule has 1 N–H and O–H groups in total. The molecule has 0 aliphatic heterocycles. The van der Waals surface area contributed by atoms with E-state index in [2.05, 4.69) is 21.2 Å². The predicted octanol–water partition coefficient (Wildman–Crippen LogP) is 2.53. The molecule has 1 amide bonds. The Morgan fingerprint density at radius 3 is 2.63 bits per heavy atom. The third kappa shape index (κ3) is 6.76. The number of nitrogens with one attached hydrogen (secondary N) is 1. The van der Waals surface area contributed by atoms with Crippen LogP contribution in [0.25, 0.3) is 6.08 Å². The molecule has 0 heterocycles. The van der Waals surface area contributed by atoms with Crippen molar-refractivity contribution in [2.45, 2.75) is 13.3 Å². The van der Waals surface area contributed by atoms with Crippen LogP contribution in [0.5, 0.6) is 0 Å². The van der Waals surface area contributed by atoms with E-state index in [1.807, 2.05) is 24.3 Å². The maximum Gasteiger partial charge on any atom is 0.307 e. The molecule has 19 heavy (non-hydrogen) atoms. The molecule has 5 heteroatoms. The van der Waals surface area contributed by atoms with Gasteiger partial charge in [0.2, 0.25) is 5.91 Å². The first-order valence-corrected chi connectivity index (χ1v) is 6.78. The van der Waals surface area contributed by atoms with Gasteiger partial charge in [-0.05, 0) is 30.7 Å². The predicted molar refractivity (Wildman–Crippen MR) is 77.4 cm³/mol. The lowest BCUT2D eigenvalue weighted by Crippen LogP contribution is -2.24. The first-order chi connectivity index (χ1) is 9.11. The molecular formula is C14H16BrNO3. The summed E-state index contributed by atoms with van der Waals surface area (Å²) in [7, 11) is 0. The van der Waals surface area contributed by atoms with E-state index in [1.165, 1.54) is 6.08 Å². The Morgan fingerprint density at radius 2 is 2.00 bits per heavy atom. The summed E-state index contributed by atoms with van der Waals surface area (Å²) in [6.45, 7) is 2.38. The summed E-state index contributed by atoms with van der Waals surface area (Å²) in [5, 5.41) is 2.62. The molecule has 0 unspecified atom stereocenters. The lowest BCUT2D eigenvalue weighted by molar-refractivity contribution is -0.142. The lowest BCUT2D eigenvalue weighted by atomic mass is 10.2. The van der Waals surface area contributed by atoms with Crippen LogP contribution in [-0.4, -0.2) is 25.0 Å². The Balaban J connectivity index is 2.31. The number of amides is 1. The number of carbonyl (C=O) groups is 2. The van der Waals surface area contributed by atoms with Crippen molar-refractivity contribution in [2.24, 2.45) is 0 Å². The van der Waals surface area contributed by atoms with E-state index in [1.54, 1.807) is 13.0 Å². The van der Waals surface area contributed by atoms with Crippen LogP contribution in [0.1, 0.15) is 18.9 Å². The van der Waals surface area contributed by atoms with Gasteiger partial charge in [-0.25, -0.2) is 0 Å². The van der Waals surface area contributed by atoms with Crippen molar-refractivity contribution in [3.05, 3.63) is 40.4 Å². The number of rotatable bonds is 6. The van der Waals surface area contributed by atoms with Crippen molar-refractivity contribution < 1.29 is 14.3 Å². The lowest BCUT2D eigenvalue weighted by Gasteiger charge is -2.02. The number of benzene rings is 1. The number of esters is 1. The number of ether oxygens (including phenoxy) is 1. The monoisotopic (exact) mass is 325 g/mol. The fourth-order valence-electron chi connectivity index (χ4n) is 1.33. The topological polar surface area (TPSA) is 55.4 Å². The zero-order valence-electron chi connectivity index (χ0n) is 10.7. The zero-order chi connectivity index (χ0) is 14.1. The van der Waals surface area contributed by atoms with Crippen LogP contribution in [0.3, 0.4) is 0 Å². The Morgan fingerprint density at radius 1 is 1.32 bits per heavy atom. The second kappa shape index (κ2) is 8.48. The molecule has 4 nitrogen and oxygen atoms in total. The molecule has 0 aliphatic carbocycles. The van der Waals surface area contributed by atoms with E-state index >= 15 is 0 Å². The van der Waals surface area contributed by atoms with Crippen molar-refractivity contribution >= 4 is 33.9 Å². The zero-order valence-corrected chi connectivity index (χ0v) is 12.3. The Kier molecular flexibility index (Phi) is 6.89. The van der Waals surface area contributed by atoms with Crippen LogP contribution in [0.4, 0.5) is 0 Å². The van der Waals surface area contributed by atoms with E-state index in [0.717, 1.165) is 10.0 Å². The third-order valence-corrected chi connectivity index (χ3v) is 2.76. The molecule has 0 spiro atoms. The number of carbonyl (C=O) groups excluding carboxylic acids is 2. The van der Waals surface area contributed by atoms with Crippen molar-refractivity contribution in [2.75, 3.05) is 13.2 Å². The van der Waals surface area contributed by atoms with Crippen LogP contribution < -0.4 is 5.32 Å². The van der Waals surface area contributed by atoms with Gasteiger partial charge in [-0.2, -0.15) is 0 Å². The van der Waals surface area contributed by atoms with Gasteiger partial charge in [-0.3, -0.25) is 9.59 Å². The molecule has 1 aromatic rings. The smallest absolute Gasteiger partial charge is 0.307 e. The van der Waals surface area contributed by atoms with Crippen LogP contribution >= 0.6 is 15.9 Å².